The molecule has 27 heavy (non-hydrogen) atoms. The van der Waals surface area contributed by atoms with Crippen LogP contribution in [0.4, 0.5) is 10.1 Å². The first kappa shape index (κ1) is 18.7. The van der Waals surface area contributed by atoms with Crippen molar-refractivity contribution < 1.29 is 19.0 Å². The molecule has 0 radical (unpaired) electrons. The largest absolute Gasteiger partial charge is 0.392 e. The maximum absolute atomic E-state index is 14.4. The van der Waals surface area contributed by atoms with Crippen molar-refractivity contribution in [2.24, 2.45) is 11.8 Å². The van der Waals surface area contributed by atoms with Crippen molar-refractivity contribution in [2.75, 3.05) is 37.7 Å². The van der Waals surface area contributed by atoms with E-state index in [1.807, 2.05) is 9.80 Å². The Labute approximate surface area is 160 Å². The predicted octanol–water partition coefficient (Wildman–Crippen LogP) is 2.56. The van der Waals surface area contributed by atoms with Gasteiger partial charge in [0.1, 0.15) is 0 Å². The van der Waals surface area contributed by atoms with Gasteiger partial charge in [-0.25, -0.2) is 4.39 Å². The summed E-state index contributed by atoms with van der Waals surface area (Å²) in [5.41, 5.74) is 0.893. The molecule has 0 bridgehead atoms. The van der Waals surface area contributed by atoms with Crippen molar-refractivity contribution in [3.8, 4) is 0 Å². The molecule has 2 aliphatic heterocycles. The minimum atomic E-state index is -0.326. The van der Waals surface area contributed by atoms with Crippen LogP contribution in [0.25, 0.3) is 0 Å². The van der Waals surface area contributed by atoms with Gasteiger partial charge in [0, 0.05) is 44.3 Å². The Morgan fingerprint density at radius 1 is 1.15 bits per heavy atom. The lowest BCUT2D eigenvalue weighted by Crippen LogP contribution is -2.40. The Kier molecular flexibility index (Phi) is 5.64. The lowest BCUT2D eigenvalue weighted by Gasteiger charge is -2.32. The third-order valence-electron chi connectivity index (χ3n) is 6.13. The molecule has 4 rings (SSSR count). The molecule has 1 amide bonds. The summed E-state index contributed by atoms with van der Waals surface area (Å²) in [6, 6.07) is 5.17. The van der Waals surface area contributed by atoms with Gasteiger partial charge in [-0.2, -0.15) is 0 Å². The van der Waals surface area contributed by atoms with Gasteiger partial charge in [-0.3, -0.25) is 4.79 Å². The van der Waals surface area contributed by atoms with Gasteiger partial charge in [-0.1, -0.05) is 12.1 Å². The number of anilines is 1. The molecule has 1 aliphatic carbocycles. The van der Waals surface area contributed by atoms with Crippen LogP contribution < -0.4 is 4.90 Å². The van der Waals surface area contributed by atoms with Crippen LogP contribution in [0, 0.1) is 17.7 Å². The minimum Gasteiger partial charge on any atom is -0.392 e. The molecular formula is C21H29FN2O3. The second-order valence-electron chi connectivity index (χ2n) is 8.14. The van der Waals surface area contributed by atoms with Gasteiger partial charge in [-0.05, 0) is 44.1 Å². The number of aliphatic hydroxyl groups excluding tert-OH is 1. The first-order valence-electron chi connectivity index (χ1n) is 10.2. The number of benzene rings is 1. The molecule has 0 aromatic heterocycles. The number of halogens is 1. The third-order valence-corrected chi connectivity index (χ3v) is 6.13. The molecule has 2 heterocycles. The minimum absolute atomic E-state index is 0.119. The second-order valence-corrected chi connectivity index (χ2v) is 8.14. The van der Waals surface area contributed by atoms with Crippen molar-refractivity contribution >= 4 is 11.6 Å². The second kappa shape index (κ2) is 8.15. The highest BCUT2D eigenvalue weighted by atomic mass is 19.1. The predicted molar refractivity (Wildman–Crippen MR) is 101 cm³/mol. The van der Waals surface area contributed by atoms with Crippen LogP contribution in [0.2, 0.25) is 0 Å². The first-order chi connectivity index (χ1) is 13.2. The topological polar surface area (TPSA) is 53.0 Å². The summed E-state index contributed by atoms with van der Waals surface area (Å²) in [4.78, 5) is 16.2. The zero-order valence-electron chi connectivity index (χ0n) is 15.8. The zero-order chi connectivity index (χ0) is 18.8. The number of aliphatic hydroxyl groups is 1. The molecule has 148 valence electrons. The molecule has 1 N–H and O–H groups in total. The van der Waals surface area contributed by atoms with E-state index in [1.54, 1.807) is 18.2 Å². The maximum atomic E-state index is 14.4. The highest BCUT2D eigenvalue weighted by Crippen LogP contribution is 2.33. The summed E-state index contributed by atoms with van der Waals surface area (Å²) < 4.78 is 20.5. The normalized spacial score (nSPS) is 23.9. The first-order valence-corrected chi connectivity index (χ1v) is 10.2. The van der Waals surface area contributed by atoms with Crippen LogP contribution in [-0.2, 0) is 16.1 Å². The highest BCUT2D eigenvalue weighted by molar-refractivity contribution is 5.81. The van der Waals surface area contributed by atoms with Crippen LogP contribution in [0.1, 0.15) is 37.7 Å². The summed E-state index contributed by atoms with van der Waals surface area (Å²) in [6.45, 7) is 3.62. The molecule has 3 fully saturated rings. The molecule has 5 nitrogen and oxygen atoms in total. The Bertz CT molecular complexity index is 671. The number of rotatable bonds is 6. The van der Waals surface area contributed by atoms with Gasteiger partial charge in [0.2, 0.25) is 5.91 Å². The van der Waals surface area contributed by atoms with Crippen LogP contribution in [0.15, 0.2) is 18.2 Å². The van der Waals surface area contributed by atoms with Crippen LogP contribution in [-0.4, -0.2) is 54.8 Å². The monoisotopic (exact) mass is 376 g/mol. The lowest BCUT2D eigenvalue weighted by atomic mass is 9.97. The van der Waals surface area contributed by atoms with E-state index in [4.69, 9.17) is 4.74 Å². The average molecular weight is 376 g/mol. The van der Waals surface area contributed by atoms with Gasteiger partial charge in [0.05, 0.1) is 18.4 Å². The van der Waals surface area contributed by atoms with Gasteiger partial charge in [-0.15, -0.1) is 0 Å². The molecule has 1 unspecified atom stereocenters. The number of nitrogens with zero attached hydrogens (tertiary/aromatic N) is 2. The third kappa shape index (κ3) is 4.27. The summed E-state index contributed by atoms with van der Waals surface area (Å²) in [6.07, 6.45) is 5.18. The number of ether oxygens (including phenoxy) is 1. The molecule has 3 aliphatic rings. The quantitative estimate of drug-likeness (QED) is 0.829. The van der Waals surface area contributed by atoms with E-state index in [1.165, 1.54) is 0 Å². The Morgan fingerprint density at radius 3 is 2.63 bits per heavy atom. The summed E-state index contributed by atoms with van der Waals surface area (Å²) in [5.74, 6) is 0.852. The van der Waals surface area contributed by atoms with E-state index in [2.05, 4.69) is 0 Å². The SMILES string of the molecule is O=C(C1CC1)N1CCC(COC2CCN(c3cccc(CO)c3F)C2)CC1. The number of amides is 1. The molecule has 6 heteroatoms. The van der Waals surface area contributed by atoms with Gasteiger partial charge in [0.15, 0.2) is 5.82 Å². The van der Waals surface area contributed by atoms with Gasteiger partial charge < -0.3 is 19.6 Å². The van der Waals surface area contributed by atoms with E-state index >= 15 is 0 Å². The number of hydrogen-bond donors (Lipinski definition) is 1. The molecule has 2 saturated heterocycles. The van der Waals surface area contributed by atoms with Gasteiger partial charge >= 0.3 is 0 Å². The fraction of sp³-hybridized carbons (Fsp3) is 0.667. The van der Waals surface area contributed by atoms with Crippen LogP contribution in [0.3, 0.4) is 0 Å². The molecule has 1 aromatic rings. The summed E-state index contributed by atoms with van der Waals surface area (Å²) in [7, 11) is 0. The van der Waals surface area contributed by atoms with Crippen molar-refractivity contribution in [3.63, 3.8) is 0 Å². The van der Waals surface area contributed by atoms with Crippen molar-refractivity contribution in [2.45, 2.75) is 44.8 Å². The van der Waals surface area contributed by atoms with Crippen molar-refractivity contribution in [1.29, 1.82) is 0 Å². The highest BCUT2D eigenvalue weighted by Gasteiger charge is 2.35. The smallest absolute Gasteiger partial charge is 0.225 e. The molecule has 1 aromatic carbocycles. The Balaban J connectivity index is 1.22. The van der Waals surface area contributed by atoms with E-state index in [0.717, 1.165) is 58.3 Å². The summed E-state index contributed by atoms with van der Waals surface area (Å²) in [5, 5.41) is 9.25. The molecule has 1 saturated carbocycles. The van der Waals surface area contributed by atoms with Crippen LogP contribution in [0.5, 0.6) is 0 Å². The zero-order valence-corrected chi connectivity index (χ0v) is 15.8. The lowest BCUT2D eigenvalue weighted by molar-refractivity contribution is -0.134. The number of carbonyl (C=O) groups is 1. The van der Waals surface area contributed by atoms with Crippen molar-refractivity contribution in [3.05, 3.63) is 29.6 Å². The summed E-state index contributed by atoms with van der Waals surface area (Å²) >= 11 is 0. The molecule has 1 atom stereocenters. The average Bonchev–Trinajstić information content (AvgIpc) is 3.45. The van der Waals surface area contributed by atoms with E-state index in [9.17, 15) is 14.3 Å². The Morgan fingerprint density at radius 2 is 1.93 bits per heavy atom. The molecule has 0 spiro atoms. The number of piperidine rings is 1. The van der Waals surface area contributed by atoms with Crippen molar-refractivity contribution in [1.82, 2.24) is 4.90 Å². The maximum Gasteiger partial charge on any atom is 0.225 e. The van der Waals surface area contributed by atoms with E-state index in [0.29, 0.717) is 35.5 Å². The van der Waals surface area contributed by atoms with E-state index in [-0.39, 0.29) is 18.5 Å². The van der Waals surface area contributed by atoms with E-state index < -0.39 is 0 Å². The number of likely N-dealkylation sites (tertiary alicyclic amines) is 1. The Hall–Kier alpha value is -1.66. The van der Waals surface area contributed by atoms with Gasteiger partial charge in [0.25, 0.3) is 0 Å². The fourth-order valence-corrected chi connectivity index (χ4v) is 4.20. The standard InChI is InChI=1S/C21H29FN2O3/c22-20-17(13-25)2-1-3-19(20)24-11-8-18(12-24)27-14-15-6-9-23(10-7-15)21(26)16-4-5-16/h1-3,15-16,18,25H,4-14H2. The number of hydrogen-bond acceptors (Lipinski definition) is 4. The fourth-order valence-electron chi connectivity index (χ4n) is 4.20. The van der Waals surface area contributed by atoms with Crippen LogP contribution >= 0.6 is 0 Å². The number of carbonyl (C=O) groups excluding carboxylic acids is 1. The molecular weight excluding hydrogens is 347 g/mol.